The van der Waals surface area contributed by atoms with E-state index in [1.54, 1.807) is 6.20 Å². The minimum Gasteiger partial charge on any atom is -0.353 e. The first kappa shape index (κ1) is 14.7. The standard InChI is InChI=1S/C14H18BrN5/c1-9(2)7-16-14-19-13(8-17-20-14)18-11-5-4-10(3)12(15)6-11/h4-6,8-9H,7H2,1-3H3,(H2,16,18,19,20). The summed E-state index contributed by atoms with van der Waals surface area (Å²) in [5.41, 5.74) is 2.15. The SMILES string of the molecule is Cc1ccc(Nc2cnnc(NCC(C)C)n2)cc1Br. The number of nitrogens with zero attached hydrogens (tertiary/aromatic N) is 3. The van der Waals surface area contributed by atoms with Gasteiger partial charge in [-0.2, -0.15) is 10.1 Å². The van der Waals surface area contributed by atoms with Crippen LogP contribution in [-0.4, -0.2) is 21.7 Å². The zero-order valence-corrected chi connectivity index (χ0v) is 13.4. The fraction of sp³-hybridized carbons (Fsp3) is 0.357. The number of hydrogen-bond acceptors (Lipinski definition) is 5. The number of hydrogen-bond donors (Lipinski definition) is 2. The normalized spacial score (nSPS) is 10.7. The third-order valence-electron chi connectivity index (χ3n) is 2.67. The van der Waals surface area contributed by atoms with Crippen LogP contribution in [0.3, 0.4) is 0 Å². The number of aromatic nitrogens is 3. The summed E-state index contributed by atoms with van der Waals surface area (Å²) in [6.07, 6.45) is 1.61. The maximum Gasteiger partial charge on any atom is 0.244 e. The van der Waals surface area contributed by atoms with E-state index in [2.05, 4.69) is 55.6 Å². The van der Waals surface area contributed by atoms with Crippen molar-refractivity contribution in [2.24, 2.45) is 5.92 Å². The maximum absolute atomic E-state index is 4.38. The van der Waals surface area contributed by atoms with E-state index in [-0.39, 0.29) is 0 Å². The Morgan fingerprint density at radius 2 is 2.10 bits per heavy atom. The predicted octanol–water partition coefficient (Wildman–Crippen LogP) is 3.75. The van der Waals surface area contributed by atoms with E-state index in [0.717, 1.165) is 16.7 Å². The topological polar surface area (TPSA) is 62.7 Å². The van der Waals surface area contributed by atoms with Crippen LogP contribution in [0.1, 0.15) is 19.4 Å². The Bertz CT molecular complexity index is 586. The van der Waals surface area contributed by atoms with Gasteiger partial charge in [0.2, 0.25) is 5.95 Å². The van der Waals surface area contributed by atoms with E-state index < -0.39 is 0 Å². The van der Waals surface area contributed by atoms with Crippen molar-refractivity contribution in [2.75, 3.05) is 17.2 Å². The first-order chi connectivity index (χ1) is 9.54. The van der Waals surface area contributed by atoms with Crippen molar-refractivity contribution < 1.29 is 0 Å². The molecule has 1 heterocycles. The van der Waals surface area contributed by atoms with Crippen molar-refractivity contribution in [3.05, 3.63) is 34.4 Å². The smallest absolute Gasteiger partial charge is 0.244 e. The highest BCUT2D eigenvalue weighted by molar-refractivity contribution is 9.10. The summed E-state index contributed by atoms with van der Waals surface area (Å²) in [7, 11) is 0. The monoisotopic (exact) mass is 335 g/mol. The van der Waals surface area contributed by atoms with Crippen LogP contribution >= 0.6 is 15.9 Å². The fourth-order valence-electron chi connectivity index (χ4n) is 1.55. The van der Waals surface area contributed by atoms with E-state index in [9.17, 15) is 0 Å². The molecule has 2 N–H and O–H groups in total. The number of halogens is 1. The van der Waals surface area contributed by atoms with Crippen LogP contribution in [0.4, 0.5) is 17.5 Å². The molecule has 0 bridgehead atoms. The number of aryl methyl sites for hydroxylation is 1. The second-order valence-corrected chi connectivity index (χ2v) is 5.88. The molecule has 6 heteroatoms. The minimum atomic E-state index is 0.531. The molecule has 20 heavy (non-hydrogen) atoms. The Kier molecular flexibility index (Phi) is 4.89. The van der Waals surface area contributed by atoms with Crippen molar-refractivity contribution in [2.45, 2.75) is 20.8 Å². The molecule has 0 atom stereocenters. The second kappa shape index (κ2) is 6.65. The third-order valence-corrected chi connectivity index (χ3v) is 3.53. The average molecular weight is 336 g/mol. The number of benzene rings is 1. The molecule has 0 fully saturated rings. The van der Waals surface area contributed by atoms with Gasteiger partial charge in [0.15, 0.2) is 5.82 Å². The molecule has 0 amide bonds. The van der Waals surface area contributed by atoms with Gasteiger partial charge < -0.3 is 10.6 Å². The van der Waals surface area contributed by atoms with Crippen molar-refractivity contribution in [3.63, 3.8) is 0 Å². The summed E-state index contributed by atoms with van der Waals surface area (Å²) >= 11 is 3.51. The molecular weight excluding hydrogens is 318 g/mol. The lowest BCUT2D eigenvalue weighted by Gasteiger charge is -2.09. The highest BCUT2D eigenvalue weighted by Gasteiger charge is 2.03. The van der Waals surface area contributed by atoms with Crippen LogP contribution in [0.15, 0.2) is 28.9 Å². The van der Waals surface area contributed by atoms with Gasteiger partial charge in [-0.15, -0.1) is 5.10 Å². The zero-order valence-electron chi connectivity index (χ0n) is 11.8. The highest BCUT2D eigenvalue weighted by atomic mass is 79.9. The summed E-state index contributed by atoms with van der Waals surface area (Å²) in [5, 5.41) is 14.3. The van der Waals surface area contributed by atoms with Gasteiger partial charge in [-0.25, -0.2) is 0 Å². The maximum atomic E-state index is 4.38. The lowest BCUT2D eigenvalue weighted by atomic mass is 10.2. The summed E-state index contributed by atoms with van der Waals surface area (Å²) in [4.78, 5) is 4.38. The summed E-state index contributed by atoms with van der Waals surface area (Å²) in [6, 6.07) is 6.06. The molecule has 2 rings (SSSR count). The van der Waals surface area contributed by atoms with Crippen LogP contribution in [-0.2, 0) is 0 Å². The van der Waals surface area contributed by atoms with E-state index >= 15 is 0 Å². The Morgan fingerprint density at radius 1 is 1.30 bits per heavy atom. The third kappa shape index (κ3) is 4.16. The predicted molar refractivity (Wildman–Crippen MR) is 85.3 cm³/mol. The van der Waals surface area contributed by atoms with Crippen molar-refractivity contribution in [3.8, 4) is 0 Å². The molecule has 1 aromatic carbocycles. The van der Waals surface area contributed by atoms with E-state index in [0.29, 0.717) is 17.7 Å². The van der Waals surface area contributed by atoms with Gasteiger partial charge in [0.25, 0.3) is 0 Å². The van der Waals surface area contributed by atoms with Gasteiger partial charge in [0.1, 0.15) is 0 Å². The van der Waals surface area contributed by atoms with Crippen molar-refractivity contribution in [1.29, 1.82) is 0 Å². The molecule has 0 aliphatic rings. The van der Waals surface area contributed by atoms with E-state index in [1.165, 1.54) is 5.56 Å². The molecule has 106 valence electrons. The molecule has 2 aromatic rings. The average Bonchev–Trinajstić information content (AvgIpc) is 2.41. The zero-order chi connectivity index (χ0) is 14.5. The largest absolute Gasteiger partial charge is 0.353 e. The van der Waals surface area contributed by atoms with Crippen molar-refractivity contribution in [1.82, 2.24) is 15.2 Å². The summed E-state index contributed by atoms with van der Waals surface area (Å²) < 4.78 is 1.06. The molecule has 0 saturated carbocycles. The van der Waals surface area contributed by atoms with Gasteiger partial charge >= 0.3 is 0 Å². The van der Waals surface area contributed by atoms with Crippen LogP contribution in [0.5, 0.6) is 0 Å². The number of anilines is 3. The van der Waals surface area contributed by atoms with Crippen LogP contribution in [0.2, 0.25) is 0 Å². The van der Waals surface area contributed by atoms with Crippen LogP contribution < -0.4 is 10.6 Å². The van der Waals surface area contributed by atoms with Gasteiger partial charge in [0.05, 0.1) is 6.20 Å². The Hall–Kier alpha value is -1.69. The molecule has 0 aliphatic carbocycles. The van der Waals surface area contributed by atoms with E-state index in [4.69, 9.17) is 0 Å². The Balaban J connectivity index is 2.08. The molecule has 0 spiro atoms. The summed E-state index contributed by atoms with van der Waals surface area (Å²) in [5.74, 6) is 1.74. The molecule has 0 saturated heterocycles. The number of rotatable bonds is 5. The first-order valence-corrected chi connectivity index (χ1v) is 7.30. The lowest BCUT2D eigenvalue weighted by molar-refractivity contribution is 0.682. The number of nitrogens with one attached hydrogen (secondary N) is 2. The van der Waals surface area contributed by atoms with Gasteiger partial charge in [-0.05, 0) is 30.5 Å². The first-order valence-electron chi connectivity index (χ1n) is 6.51. The summed E-state index contributed by atoms with van der Waals surface area (Å²) in [6.45, 7) is 7.13. The van der Waals surface area contributed by atoms with Crippen LogP contribution in [0, 0.1) is 12.8 Å². The van der Waals surface area contributed by atoms with Crippen LogP contribution in [0.25, 0.3) is 0 Å². The lowest BCUT2D eigenvalue weighted by Crippen LogP contribution is -2.11. The molecule has 0 unspecified atom stereocenters. The Morgan fingerprint density at radius 3 is 2.80 bits per heavy atom. The Labute approximate surface area is 127 Å². The van der Waals surface area contributed by atoms with Crippen molar-refractivity contribution >= 4 is 33.4 Å². The van der Waals surface area contributed by atoms with Gasteiger partial charge in [-0.3, -0.25) is 0 Å². The molecule has 1 aromatic heterocycles. The highest BCUT2D eigenvalue weighted by Crippen LogP contribution is 2.22. The molecule has 0 radical (unpaired) electrons. The fourth-order valence-corrected chi connectivity index (χ4v) is 1.93. The van der Waals surface area contributed by atoms with Gasteiger partial charge in [0, 0.05) is 16.7 Å². The second-order valence-electron chi connectivity index (χ2n) is 5.03. The molecule has 5 nitrogen and oxygen atoms in total. The van der Waals surface area contributed by atoms with Gasteiger partial charge in [-0.1, -0.05) is 35.8 Å². The minimum absolute atomic E-state index is 0.531. The quantitative estimate of drug-likeness (QED) is 0.871. The molecular formula is C14H18BrN5. The van der Waals surface area contributed by atoms with E-state index in [1.807, 2.05) is 25.1 Å². The molecule has 0 aliphatic heterocycles.